The Labute approximate surface area is 123 Å². The molecule has 2 aromatic carbocycles. The van der Waals surface area contributed by atoms with E-state index in [1.807, 2.05) is 0 Å². The maximum absolute atomic E-state index is 12.1. The molecule has 21 heavy (non-hydrogen) atoms. The maximum Gasteiger partial charge on any atom is 0.255 e. The Balaban J connectivity index is 2.19. The summed E-state index contributed by atoms with van der Waals surface area (Å²) in [6.07, 6.45) is 1.12. The van der Waals surface area contributed by atoms with Crippen LogP contribution in [-0.4, -0.2) is 20.6 Å². The molecule has 0 radical (unpaired) electrons. The van der Waals surface area contributed by atoms with Crippen molar-refractivity contribution < 1.29 is 13.2 Å². The summed E-state index contributed by atoms with van der Waals surface area (Å²) in [5, 5.41) is 2.67. The minimum Gasteiger partial charge on any atom is -0.326 e. The van der Waals surface area contributed by atoms with Crippen molar-refractivity contribution in [3.8, 4) is 0 Å². The Hall–Kier alpha value is -2.18. The van der Waals surface area contributed by atoms with Gasteiger partial charge in [-0.2, -0.15) is 0 Å². The zero-order valence-corrected chi connectivity index (χ0v) is 12.4. The van der Waals surface area contributed by atoms with Crippen LogP contribution in [0.3, 0.4) is 0 Å². The van der Waals surface area contributed by atoms with Gasteiger partial charge in [0.2, 0.25) is 0 Å². The molecule has 0 atom stereocenters. The summed E-state index contributed by atoms with van der Waals surface area (Å²) in [7, 11) is -3.30. The molecule has 0 aromatic heterocycles. The predicted octanol–water partition coefficient (Wildman–Crippen LogP) is 1.80. The number of carbonyl (C=O) groups excluding carboxylic acids is 1. The number of nitrogens with two attached hydrogens (primary N) is 1. The monoisotopic (exact) mass is 304 g/mol. The van der Waals surface area contributed by atoms with Crippen LogP contribution in [0.1, 0.15) is 15.9 Å². The first-order chi connectivity index (χ1) is 9.90. The summed E-state index contributed by atoms with van der Waals surface area (Å²) in [5.74, 6) is -0.302. The molecule has 2 aromatic rings. The molecule has 0 aliphatic carbocycles. The van der Waals surface area contributed by atoms with Crippen molar-refractivity contribution in [2.24, 2.45) is 5.73 Å². The lowest BCUT2D eigenvalue weighted by molar-refractivity contribution is 0.102. The molecular weight excluding hydrogens is 288 g/mol. The molecule has 0 aliphatic rings. The summed E-state index contributed by atoms with van der Waals surface area (Å²) < 4.78 is 23.0. The third-order valence-electron chi connectivity index (χ3n) is 2.97. The first-order valence-electron chi connectivity index (χ1n) is 6.30. The van der Waals surface area contributed by atoms with Gasteiger partial charge in [0.15, 0.2) is 9.84 Å². The number of hydrogen-bond donors (Lipinski definition) is 2. The largest absolute Gasteiger partial charge is 0.326 e. The zero-order valence-electron chi connectivity index (χ0n) is 11.5. The van der Waals surface area contributed by atoms with E-state index >= 15 is 0 Å². The molecule has 110 valence electrons. The molecule has 2 rings (SSSR count). The van der Waals surface area contributed by atoms with Gasteiger partial charge < -0.3 is 11.1 Å². The predicted molar refractivity (Wildman–Crippen MR) is 81.8 cm³/mol. The van der Waals surface area contributed by atoms with Gasteiger partial charge in [0, 0.05) is 24.1 Å². The quantitative estimate of drug-likeness (QED) is 0.901. The summed E-state index contributed by atoms with van der Waals surface area (Å²) in [6, 6.07) is 13.1. The highest BCUT2D eigenvalue weighted by Gasteiger charge is 2.10. The van der Waals surface area contributed by atoms with E-state index in [1.165, 1.54) is 12.1 Å². The highest BCUT2D eigenvalue weighted by atomic mass is 32.2. The number of nitrogens with one attached hydrogen (secondary N) is 1. The van der Waals surface area contributed by atoms with Crippen LogP contribution in [0, 0.1) is 0 Å². The van der Waals surface area contributed by atoms with E-state index in [4.69, 9.17) is 5.73 Å². The van der Waals surface area contributed by atoms with Crippen molar-refractivity contribution in [3.05, 3.63) is 59.7 Å². The molecule has 0 spiro atoms. The molecule has 0 heterocycles. The Bertz CT molecular complexity index is 753. The summed E-state index contributed by atoms with van der Waals surface area (Å²) in [5.41, 5.74) is 7.35. The van der Waals surface area contributed by atoms with Gasteiger partial charge in [-0.1, -0.05) is 18.2 Å². The summed E-state index contributed by atoms with van der Waals surface area (Å²) >= 11 is 0. The normalized spacial score (nSPS) is 11.1. The van der Waals surface area contributed by atoms with Gasteiger partial charge in [-0.05, 0) is 35.9 Å². The average molecular weight is 304 g/mol. The molecule has 3 N–H and O–H groups in total. The van der Waals surface area contributed by atoms with Crippen LogP contribution >= 0.6 is 0 Å². The Kier molecular flexibility index (Phi) is 4.40. The van der Waals surface area contributed by atoms with E-state index in [1.54, 1.807) is 36.4 Å². The Morgan fingerprint density at radius 3 is 2.38 bits per heavy atom. The van der Waals surface area contributed by atoms with E-state index in [2.05, 4.69) is 5.32 Å². The van der Waals surface area contributed by atoms with Gasteiger partial charge in [0.25, 0.3) is 5.91 Å². The van der Waals surface area contributed by atoms with Crippen molar-refractivity contribution >= 4 is 21.4 Å². The molecule has 0 aliphatic heterocycles. The molecule has 0 unspecified atom stereocenters. The van der Waals surface area contributed by atoms with Gasteiger partial charge in [0.1, 0.15) is 0 Å². The fourth-order valence-electron chi connectivity index (χ4n) is 1.80. The molecule has 6 heteroatoms. The van der Waals surface area contributed by atoms with Crippen molar-refractivity contribution in [2.45, 2.75) is 11.4 Å². The van der Waals surface area contributed by atoms with Crippen molar-refractivity contribution in [2.75, 3.05) is 11.6 Å². The SMILES string of the molecule is CS(=O)(=O)c1cccc(NC(=O)c2ccc(CN)cc2)c1. The minimum atomic E-state index is -3.30. The molecule has 0 bridgehead atoms. The fraction of sp³-hybridized carbons (Fsp3) is 0.133. The van der Waals surface area contributed by atoms with Gasteiger partial charge in [-0.25, -0.2) is 8.42 Å². The molecule has 5 nitrogen and oxygen atoms in total. The second kappa shape index (κ2) is 6.07. The molecular formula is C15H16N2O3S. The topological polar surface area (TPSA) is 89.3 Å². The zero-order chi connectivity index (χ0) is 15.5. The van der Waals surface area contributed by atoms with Gasteiger partial charge in [-0.3, -0.25) is 4.79 Å². The number of amides is 1. The van der Waals surface area contributed by atoms with Crippen LogP contribution in [0.5, 0.6) is 0 Å². The summed E-state index contributed by atoms with van der Waals surface area (Å²) in [6.45, 7) is 0.415. The van der Waals surface area contributed by atoms with Gasteiger partial charge in [0.05, 0.1) is 4.90 Å². The number of rotatable bonds is 4. The van der Waals surface area contributed by atoms with E-state index in [0.717, 1.165) is 11.8 Å². The lowest BCUT2D eigenvalue weighted by Crippen LogP contribution is -2.12. The standard InChI is InChI=1S/C15H16N2O3S/c1-21(19,20)14-4-2-3-13(9-14)17-15(18)12-7-5-11(10-16)6-8-12/h2-9H,10,16H2,1H3,(H,17,18). The molecule has 0 saturated carbocycles. The lowest BCUT2D eigenvalue weighted by Gasteiger charge is -2.07. The number of sulfone groups is 1. The Morgan fingerprint density at radius 2 is 1.81 bits per heavy atom. The van der Waals surface area contributed by atoms with E-state index in [0.29, 0.717) is 17.8 Å². The molecule has 1 amide bonds. The average Bonchev–Trinajstić information content (AvgIpc) is 2.47. The van der Waals surface area contributed by atoms with E-state index in [-0.39, 0.29) is 10.8 Å². The van der Waals surface area contributed by atoms with Crippen LogP contribution < -0.4 is 11.1 Å². The third kappa shape index (κ3) is 3.90. The number of benzene rings is 2. The van der Waals surface area contributed by atoms with Crippen molar-refractivity contribution in [1.29, 1.82) is 0 Å². The molecule has 0 saturated heterocycles. The number of anilines is 1. The number of carbonyl (C=O) groups is 1. The molecule has 0 fully saturated rings. The van der Waals surface area contributed by atoms with E-state index < -0.39 is 9.84 Å². The highest BCUT2D eigenvalue weighted by molar-refractivity contribution is 7.90. The smallest absolute Gasteiger partial charge is 0.255 e. The van der Waals surface area contributed by atoms with Crippen LogP contribution in [0.15, 0.2) is 53.4 Å². The number of hydrogen-bond acceptors (Lipinski definition) is 4. The van der Waals surface area contributed by atoms with Crippen molar-refractivity contribution in [1.82, 2.24) is 0 Å². The third-order valence-corrected chi connectivity index (χ3v) is 4.08. The Morgan fingerprint density at radius 1 is 1.14 bits per heavy atom. The van der Waals surface area contributed by atoms with Crippen LogP contribution in [0.4, 0.5) is 5.69 Å². The van der Waals surface area contributed by atoms with Crippen LogP contribution in [0.2, 0.25) is 0 Å². The minimum absolute atomic E-state index is 0.166. The maximum atomic E-state index is 12.1. The van der Waals surface area contributed by atoms with Crippen molar-refractivity contribution in [3.63, 3.8) is 0 Å². The van der Waals surface area contributed by atoms with Gasteiger partial charge in [-0.15, -0.1) is 0 Å². The first-order valence-corrected chi connectivity index (χ1v) is 8.20. The second-order valence-corrected chi connectivity index (χ2v) is 6.67. The second-order valence-electron chi connectivity index (χ2n) is 4.66. The lowest BCUT2D eigenvalue weighted by atomic mass is 10.1. The first kappa shape index (κ1) is 15.2. The van der Waals surface area contributed by atoms with Crippen LogP contribution in [0.25, 0.3) is 0 Å². The van der Waals surface area contributed by atoms with E-state index in [9.17, 15) is 13.2 Å². The fourth-order valence-corrected chi connectivity index (χ4v) is 2.47. The van der Waals surface area contributed by atoms with Gasteiger partial charge >= 0.3 is 0 Å². The highest BCUT2D eigenvalue weighted by Crippen LogP contribution is 2.16. The van der Waals surface area contributed by atoms with Crippen LogP contribution in [-0.2, 0) is 16.4 Å². The summed E-state index contributed by atoms with van der Waals surface area (Å²) in [4.78, 5) is 12.2.